The standard InChI is InChI=1S/C17H17NO3/c1-18-7-6-17-10-3-5-13(20)16(17)21-15-12(19)4-2-9(14(15)17)8-11(10)18/h2-4,11,16,19H,5-8H2,1H3/p+1/t11-,16+,17+/m1/s1. The third-order valence-corrected chi connectivity index (χ3v) is 5.99. The number of hydrogen-bond acceptors (Lipinski definition) is 3. The Morgan fingerprint density at radius 1 is 1.43 bits per heavy atom. The Morgan fingerprint density at radius 2 is 2.29 bits per heavy atom. The van der Waals surface area contributed by atoms with Crippen molar-refractivity contribution >= 4 is 5.78 Å². The van der Waals surface area contributed by atoms with Crippen molar-refractivity contribution in [3.05, 3.63) is 34.9 Å². The number of ketones is 1. The lowest BCUT2D eigenvalue weighted by molar-refractivity contribution is -0.906. The average molecular weight is 284 g/mol. The van der Waals surface area contributed by atoms with Gasteiger partial charge in [-0.3, -0.25) is 4.79 Å². The number of rotatable bonds is 0. The molecular weight excluding hydrogens is 266 g/mol. The van der Waals surface area contributed by atoms with E-state index in [0.29, 0.717) is 18.2 Å². The van der Waals surface area contributed by atoms with Gasteiger partial charge in [0.25, 0.3) is 0 Å². The SMILES string of the molecule is C[NH+]1CC[C@@]23C4=CCC(=O)[C@@H]2Oc2c(O)ccc(c23)C[C@H]41. The molecule has 1 spiro atoms. The molecule has 4 heteroatoms. The molecule has 2 heterocycles. The Kier molecular flexibility index (Phi) is 1.97. The van der Waals surface area contributed by atoms with Gasteiger partial charge in [0.2, 0.25) is 0 Å². The highest BCUT2D eigenvalue weighted by molar-refractivity contribution is 5.92. The molecule has 1 saturated heterocycles. The second-order valence-electron chi connectivity index (χ2n) is 6.85. The van der Waals surface area contributed by atoms with Crippen LogP contribution in [-0.2, 0) is 16.6 Å². The number of Topliss-reactive ketones (excluding diaryl/α,β-unsaturated/α-hetero) is 1. The number of ether oxygens (including phenoxy) is 1. The molecule has 2 aliphatic heterocycles. The quantitative estimate of drug-likeness (QED) is 0.666. The van der Waals surface area contributed by atoms with E-state index < -0.39 is 6.10 Å². The largest absolute Gasteiger partial charge is 0.504 e. The molecule has 108 valence electrons. The molecule has 21 heavy (non-hydrogen) atoms. The topological polar surface area (TPSA) is 51.0 Å². The van der Waals surface area contributed by atoms with Crippen LogP contribution in [0.2, 0.25) is 0 Å². The molecule has 1 fully saturated rings. The van der Waals surface area contributed by atoms with Crippen LogP contribution in [0.15, 0.2) is 23.8 Å². The van der Waals surface area contributed by atoms with Gasteiger partial charge in [-0.2, -0.15) is 0 Å². The highest BCUT2D eigenvalue weighted by Crippen LogP contribution is 2.59. The van der Waals surface area contributed by atoms with E-state index in [1.807, 2.05) is 6.07 Å². The summed E-state index contributed by atoms with van der Waals surface area (Å²) in [7, 11) is 2.24. The van der Waals surface area contributed by atoms with E-state index in [-0.39, 0.29) is 16.9 Å². The van der Waals surface area contributed by atoms with Crippen LogP contribution in [0.25, 0.3) is 0 Å². The van der Waals surface area contributed by atoms with E-state index in [0.717, 1.165) is 24.9 Å². The fourth-order valence-corrected chi connectivity index (χ4v) is 5.07. The Labute approximate surface area is 123 Å². The van der Waals surface area contributed by atoms with E-state index in [2.05, 4.69) is 13.1 Å². The number of allylic oxidation sites excluding steroid dienone is 1. The van der Waals surface area contributed by atoms with Crippen molar-refractivity contribution in [3.8, 4) is 11.5 Å². The number of likely N-dealkylation sites (tertiary alicyclic amines) is 1. The third-order valence-electron chi connectivity index (χ3n) is 5.99. The third kappa shape index (κ3) is 1.16. The van der Waals surface area contributed by atoms with Gasteiger partial charge < -0.3 is 14.7 Å². The van der Waals surface area contributed by atoms with Crippen molar-refractivity contribution in [2.75, 3.05) is 13.6 Å². The van der Waals surface area contributed by atoms with Crippen molar-refractivity contribution in [2.24, 2.45) is 0 Å². The summed E-state index contributed by atoms with van der Waals surface area (Å²) in [6, 6.07) is 4.18. The number of hydrogen-bond donors (Lipinski definition) is 2. The van der Waals surface area contributed by atoms with E-state index in [1.165, 1.54) is 16.0 Å². The van der Waals surface area contributed by atoms with Gasteiger partial charge in [0, 0.05) is 24.8 Å². The van der Waals surface area contributed by atoms with Crippen molar-refractivity contribution < 1.29 is 19.5 Å². The van der Waals surface area contributed by atoms with Gasteiger partial charge in [0.05, 0.1) is 19.0 Å². The monoisotopic (exact) mass is 284 g/mol. The molecule has 4 aliphatic rings. The van der Waals surface area contributed by atoms with Crippen molar-refractivity contribution in [1.29, 1.82) is 0 Å². The molecule has 1 aromatic carbocycles. The lowest BCUT2D eigenvalue weighted by Gasteiger charge is -2.50. The number of piperidine rings is 1. The number of aromatic hydroxyl groups is 1. The minimum atomic E-state index is -0.421. The van der Waals surface area contributed by atoms with Crippen LogP contribution < -0.4 is 9.64 Å². The van der Waals surface area contributed by atoms with Crippen LogP contribution in [0, 0.1) is 0 Å². The first kappa shape index (κ1) is 11.8. The predicted octanol–water partition coefficient (Wildman–Crippen LogP) is 0.133. The summed E-state index contributed by atoms with van der Waals surface area (Å²) in [5.74, 6) is 0.895. The van der Waals surface area contributed by atoms with Crippen LogP contribution in [0.5, 0.6) is 11.5 Å². The van der Waals surface area contributed by atoms with Gasteiger partial charge in [-0.15, -0.1) is 0 Å². The summed E-state index contributed by atoms with van der Waals surface area (Å²) in [4.78, 5) is 14.0. The first-order valence-electron chi connectivity index (χ1n) is 7.70. The fraction of sp³-hybridized carbons (Fsp3) is 0.471. The summed E-state index contributed by atoms with van der Waals surface area (Å²) in [6.45, 7) is 1.05. The Balaban J connectivity index is 1.88. The molecule has 0 amide bonds. The molecular formula is C17H18NO3+. The van der Waals surface area contributed by atoms with Crippen LogP contribution in [0.4, 0.5) is 0 Å². The number of phenolic OH excluding ortho intramolecular Hbond substituents is 1. The smallest absolute Gasteiger partial charge is 0.178 e. The molecule has 4 nitrogen and oxygen atoms in total. The van der Waals surface area contributed by atoms with Gasteiger partial charge in [-0.25, -0.2) is 0 Å². The lowest BCUT2D eigenvalue weighted by Crippen LogP contribution is -3.15. The highest BCUT2D eigenvalue weighted by Gasteiger charge is 2.64. The summed E-state index contributed by atoms with van der Waals surface area (Å²) >= 11 is 0. The second-order valence-corrected chi connectivity index (χ2v) is 6.85. The zero-order valence-corrected chi connectivity index (χ0v) is 12.0. The molecule has 2 aliphatic carbocycles. The molecule has 4 atom stereocenters. The molecule has 2 N–H and O–H groups in total. The normalized spacial score (nSPS) is 38.6. The number of phenols is 1. The van der Waals surface area contributed by atoms with Gasteiger partial charge in [0.15, 0.2) is 23.4 Å². The zero-order chi connectivity index (χ0) is 14.4. The van der Waals surface area contributed by atoms with Gasteiger partial charge in [-0.05, 0) is 17.2 Å². The molecule has 2 bridgehead atoms. The Morgan fingerprint density at radius 3 is 3.14 bits per heavy atom. The van der Waals surface area contributed by atoms with Crippen LogP contribution in [0.1, 0.15) is 24.0 Å². The minimum absolute atomic E-state index is 0.153. The molecule has 0 radical (unpaired) electrons. The fourth-order valence-electron chi connectivity index (χ4n) is 5.07. The maximum absolute atomic E-state index is 12.5. The van der Waals surface area contributed by atoms with E-state index in [4.69, 9.17) is 4.74 Å². The number of carbonyl (C=O) groups excluding carboxylic acids is 1. The number of carbonyl (C=O) groups is 1. The minimum Gasteiger partial charge on any atom is -0.504 e. The lowest BCUT2D eigenvalue weighted by atomic mass is 9.56. The Bertz CT molecular complexity index is 723. The van der Waals surface area contributed by atoms with Crippen LogP contribution in [0.3, 0.4) is 0 Å². The summed E-state index contributed by atoms with van der Waals surface area (Å²) in [6.07, 6.45) is 4.11. The van der Waals surface area contributed by atoms with E-state index in [1.54, 1.807) is 6.07 Å². The van der Waals surface area contributed by atoms with Crippen LogP contribution in [-0.4, -0.2) is 36.6 Å². The number of nitrogens with one attached hydrogen (secondary N) is 1. The maximum Gasteiger partial charge on any atom is 0.178 e. The van der Waals surface area contributed by atoms with E-state index in [9.17, 15) is 9.90 Å². The summed E-state index contributed by atoms with van der Waals surface area (Å²) < 4.78 is 6.01. The number of quaternary nitrogens is 1. The Hall–Kier alpha value is -1.81. The molecule has 1 aromatic rings. The van der Waals surface area contributed by atoms with Crippen molar-refractivity contribution in [2.45, 2.75) is 36.8 Å². The average Bonchev–Trinajstić information content (AvgIpc) is 2.83. The highest BCUT2D eigenvalue weighted by atomic mass is 16.5. The maximum atomic E-state index is 12.5. The summed E-state index contributed by atoms with van der Waals surface area (Å²) in [5, 5.41) is 10.2. The number of likely N-dealkylation sites (N-methyl/N-ethyl adjacent to an activating group) is 1. The predicted molar refractivity (Wildman–Crippen MR) is 75.8 cm³/mol. The number of benzene rings is 1. The molecule has 5 rings (SSSR count). The van der Waals surface area contributed by atoms with E-state index >= 15 is 0 Å². The zero-order valence-electron chi connectivity index (χ0n) is 12.0. The molecule has 0 saturated carbocycles. The second kappa shape index (κ2) is 3.50. The molecule has 1 unspecified atom stereocenters. The van der Waals surface area contributed by atoms with Gasteiger partial charge >= 0.3 is 0 Å². The first-order valence-corrected chi connectivity index (χ1v) is 7.70. The van der Waals surface area contributed by atoms with Crippen LogP contribution >= 0.6 is 0 Å². The van der Waals surface area contributed by atoms with Gasteiger partial charge in [-0.1, -0.05) is 12.1 Å². The first-order chi connectivity index (χ1) is 10.1. The van der Waals surface area contributed by atoms with Gasteiger partial charge in [0.1, 0.15) is 6.04 Å². The van der Waals surface area contributed by atoms with Crippen molar-refractivity contribution in [3.63, 3.8) is 0 Å². The van der Waals surface area contributed by atoms with Crippen molar-refractivity contribution in [1.82, 2.24) is 0 Å². The molecule has 0 aromatic heterocycles. The summed E-state index contributed by atoms with van der Waals surface area (Å²) in [5.41, 5.74) is 3.45.